The Kier molecular flexibility index (Phi) is 5.65. The van der Waals surface area contributed by atoms with Gasteiger partial charge in [-0.25, -0.2) is 0 Å². The first-order valence-electron chi connectivity index (χ1n) is 8.64. The molecule has 0 aliphatic carbocycles. The minimum atomic E-state index is 0.942. The van der Waals surface area contributed by atoms with Gasteiger partial charge < -0.3 is 0 Å². The first-order chi connectivity index (χ1) is 11.4. The molecule has 0 aliphatic rings. The van der Waals surface area contributed by atoms with Crippen LogP contribution in [-0.2, 0) is 0 Å². The number of rotatable bonds is 4. The Balaban J connectivity index is 2.66. The van der Waals surface area contributed by atoms with Crippen LogP contribution in [0.1, 0.15) is 49.4 Å². The van der Waals surface area contributed by atoms with Gasteiger partial charge in [-0.3, -0.25) is 0 Å². The van der Waals surface area contributed by atoms with Crippen molar-refractivity contribution in [2.75, 3.05) is 0 Å². The van der Waals surface area contributed by atoms with E-state index in [1.54, 1.807) is 0 Å². The molecule has 0 aliphatic heterocycles. The molecule has 0 fully saturated rings. The number of hydrogen-bond donors (Lipinski definition) is 0. The van der Waals surface area contributed by atoms with Gasteiger partial charge in [-0.2, -0.15) is 0 Å². The van der Waals surface area contributed by atoms with E-state index in [4.69, 9.17) is 0 Å². The quantitative estimate of drug-likeness (QED) is 0.413. The van der Waals surface area contributed by atoms with E-state index in [0.29, 0.717) is 0 Å². The van der Waals surface area contributed by atoms with Gasteiger partial charge in [-0.15, -0.1) is 5.73 Å². The largest absolute Gasteiger partial charge is 0.125 e. The predicted molar refractivity (Wildman–Crippen MR) is 107 cm³/mol. The van der Waals surface area contributed by atoms with Gasteiger partial charge in [0.25, 0.3) is 0 Å². The van der Waals surface area contributed by atoms with Crippen LogP contribution in [0.5, 0.6) is 0 Å². The molecule has 0 amide bonds. The van der Waals surface area contributed by atoms with Gasteiger partial charge in [0.05, 0.1) is 0 Å². The molecular weight excluding hydrogens is 288 g/mol. The first kappa shape index (κ1) is 18.0. The normalized spacial score (nSPS) is 10.2. The lowest BCUT2D eigenvalue weighted by Gasteiger charge is -2.16. The molecule has 0 heterocycles. The Labute approximate surface area is 147 Å². The van der Waals surface area contributed by atoms with Crippen molar-refractivity contribution >= 4 is 5.57 Å². The van der Waals surface area contributed by atoms with E-state index in [0.717, 1.165) is 6.42 Å². The lowest BCUT2D eigenvalue weighted by Crippen LogP contribution is -1.96. The summed E-state index contributed by atoms with van der Waals surface area (Å²) < 4.78 is 0. The zero-order chi connectivity index (χ0) is 17.9. The number of hydrogen-bond acceptors (Lipinski definition) is 0. The number of allylic oxidation sites excluding steroid dienone is 3. The van der Waals surface area contributed by atoms with Gasteiger partial charge in [0.1, 0.15) is 0 Å². The van der Waals surface area contributed by atoms with E-state index < -0.39 is 0 Å². The molecule has 0 N–H and O–H groups in total. The Morgan fingerprint density at radius 1 is 0.875 bits per heavy atom. The number of aryl methyl sites for hydroxylation is 3. The molecular formula is C24H28. The smallest absolute Gasteiger partial charge is 0.000852 e. The molecule has 0 heteroatoms. The van der Waals surface area contributed by atoms with Gasteiger partial charge in [0, 0.05) is 5.57 Å². The van der Waals surface area contributed by atoms with Crippen LogP contribution in [0.3, 0.4) is 0 Å². The Hall–Kier alpha value is -2.30. The Bertz CT molecular complexity index is 836. The second-order valence-corrected chi connectivity index (χ2v) is 6.71. The van der Waals surface area contributed by atoms with E-state index in [2.05, 4.69) is 90.3 Å². The van der Waals surface area contributed by atoms with Crippen molar-refractivity contribution in [1.82, 2.24) is 0 Å². The molecule has 2 aromatic carbocycles. The van der Waals surface area contributed by atoms with Crippen LogP contribution >= 0.6 is 0 Å². The minimum absolute atomic E-state index is 0.942. The van der Waals surface area contributed by atoms with Crippen molar-refractivity contribution in [3.8, 4) is 11.1 Å². The van der Waals surface area contributed by atoms with Crippen LogP contribution in [0.15, 0.2) is 59.9 Å². The maximum atomic E-state index is 3.90. The highest BCUT2D eigenvalue weighted by molar-refractivity contribution is 5.84. The van der Waals surface area contributed by atoms with Crippen LogP contribution in [0, 0.1) is 20.8 Å². The molecule has 0 bridgehead atoms. The van der Waals surface area contributed by atoms with E-state index in [1.165, 1.54) is 50.1 Å². The highest BCUT2D eigenvalue weighted by Gasteiger charge is 2.12. The highest BCUT2D eigenvalue weighted by atomic mass is 14.2. The van der Waals surface area contributed by atoms with Crippen molar-refractivity contribution in [2.45, 2.75) is 48.0 Å². The highest BCUT2D eigenvalue weighted by Crippen LogP contribution is 2.33. The summed E-state index contributed by atoms with van der Waals surface area (Å²) in [7, 11) is 0. The van der Waals surface area contributed by atoms with Crippen molar-refractivity contribution in [3.63, 3.8) is 0 Å². The zero-order valence-corrected chi connectivity index (χ0v) is 15.9. The molecule has 0 aromatic heterocycles. The van der Waals surface area contributed by atoms with Crippen molar-refractivity contribution < 1.29 is 0 Å². The van der Waals surface area contributed by atoms with Gasteiger partial charge in [0.15, 0.2) is 0 Å². The zero-order valence-electron chi connectivity index (χ0n) is 15.9. The van der Waals surface area contributed by atoms with Crippen molar-refractivity contribution in [3.05, 3.63) is 82.1 Å². The third kappa shape index (κ3) is 3.61. The molecule has 0 saturated carbocycles. The molecule has 2 rings (SSSR count). The topological polar surface area (TPSA) is 0 Å². The van der Waals surface area contributed by atoms with Crippen LogP contribution in [0.25, 0.3) is 16.7 Å². The van der Waals surface area contributed by atoms with E-state index in [-0.39, 0.29) is 0 Å². The summed E-state index contributed by atoms with van der Waals surface area (Å²) in [4.78, 5) is 0. The molecule has 0 nitrogen and oxygen atoms in total. The van der Waals surface area contributed by atoms with Gasteiger partial charge in [-0.1, -0.05) is 49.4 Å². The SMILES string of the molecule is C=C=C(CC)C(=C(C)C)c1cc(-c2ccc(C)c(C)c2)ccc1C. The fraction of sp³-hybridized carbons (Fsp3) is 0.292. The summed E-state index contributed by atoms with van der Waals surface area (Å²) >= 11 is 0. The third-order valence-corrected chi connectivity index (χ3v) is 4.72. The lowest BCUT2D eigenvalue weighted by atomic mass is 9.88. The maximum Gasteiger partial charge on any atom is 0.000852 e. The van der Waals surface area contributed by atoms with Crippen LogP contribution in [0.4, 0.5) is 0 Å². The minimum Gasteiger partial charge on any atom is -0.125 e. The fourth-order valence-electron chi connectivity index (χ4n) is 3.12. The Morgan fingerprint density at radius 3 is 1.96 bits per heavy atom. The standard InChI is InChI=1S/C24H28/c1-8-20(9-2)24(16(3)4)23-15-22(13-11-18(23)6)21-12-10-17(5)19(7)14-21/h10-15H,1,9H2,2-7H3. The molecule has 2 aromatic rings. The first-order valence-corrected chi connectivity index (χ1v) is 8.64. The Morgan fingerprint density at radius 2 is 1.46 bits per heavy atom. The summed E-state index contributed by atoms with van der Waals surface area (Å²) in [5, 5.41) is 0. The van der Waals surface area contributed by atoms with Gasteiger partial charge in [-0.05, 0) is 86.1 Å². The number of benzene rings is 2. The molecule has 0 atom stereocenters. The second-order valence-electron chi connectivity index (χ2n) is 6.71. The summed E-state index contributed by atoms with van der Waals surface area (Å²) in [5.41, 5.74) is 14.7. The molecule has 0 radical (unpaired) electrons. The maximum absolute atomic E-state index is 3.90. The van der Waals surface area contributed by atoms with Crippen molar-refractivity contribution in [1.29, 1.82) is 0 Å². The third-order valence-electron chi connectivity index (χ3n) is 4.72. The average Bonchev–Trinajstić information content (AvgIpc) is 2.55. The average molecular weight is 316 g/mol. The van der Waals surface area contributed by atoms with E-state index in [9.17, 15) is 0 Å². The molecule has 24 heavy (non-hydrogen) atoms. The molecule has 0 saturated heterocycles. The molecule has 0 spiro atoms. The summed E-state index contributed by atoms with van der Waals surface area (Å²) in [6, 6.07) is 13.4. The lowest BCUT2D eigenvalue weighted by molar-refractivity contribution is 1.15. The van der Waals surface area contributed by atoms with Crippen LogP contribution in [0.2, 0.25) is 0 Å². The van der Waals surface area contributed by atoms with Gasteiger partial charge in [0.2, 0.25) is 0 Å². The van der Waals surface area contributed by atoms with E-state index >= 15 is 0 Å². The second kappa shape index (κ2) is 7.51. The molecule has 0 unspecified atom stereocenters. The predicted octanol–water partition coefficient (Wildman–Crippen LogP) is 7.19. The summed E-state index contributed by atoms with van der Waals surface area (Å²) in [5.74, 6) is 0. The van der Waals surface area contributed by atoms with Crippen molar-refractivity contribution in [2.24, 2.45) is 0 Å². The van der Waals surface area contributed by atoms with Gasteiger partial charge >= 0.3 is 0 Å². The summed E-state index contributed by atoms with van der Waals surface area (Å²) in [6.45, 7) is 16.9. The summed E-state index contributed by atoms with van der Waals surface area (Å²) in [6.07, 6.45) is 0.942. The fourth-order valence-corrected chi connectivity index (χ4v) is 3.12. The monoisotopic (exact) mass is 316 g/mol. The van der Waals surface area contributed by atoms with Crippen LogP contribution in [-0.4, -0.2) is 0 Å². The van der Waals surface area contributed by atoms with E-state index in [1.807, 2.05) is 0 Å². The van der Waals surface area contributed by atoms with Crippen LogP contribution < -0.4 is 0 Å². The molecule has 124 valence electrons.